The van der Waals surface area contributed by atoms with Gasteiger partial charge in [0.2, 0.25) is 0 Å². The number of hydrogen-bond acceptors (Lipinski definition) is 2. The number of hydrogen-bond donors (Lipinski definition) is 1. The molecule has 2 nitrogen and oxygen atoms in total. The molecule has 56 valence electrons. The Morgan fingerprint density at radius 2 is 2.18 bits per heavy atom. The van der Waals surface area contributed by atoms with Crippen molar-refractivity contribution in [2.24, 2.45) is 0 Å². The molecule has 0 radical (unpaired) electrons. The summed E-state index contributed by atoms with van der Waals surface area (Å²) in [7, 11) is 0. The van der Waals surface area contributed by atoms with Gasteiger partial charge in [0, 0.05) is 17.7 Å². The molecule has 0 bridgehead atoms. The molecule has 1 aliphatic carbocycles. The fourth-order valence-electron chi connectivity index (χ4n) is 1.34. The first-order chi connectivity index (χ1) is 5.38. The summed E-state index contributed by atoms with van der Waals surface area (Å²) in [6, 6.07) is 0. The van der Waals surface area contributed by atoms with E-state index in [1.165, 1.54) is 0 Å². The maximum Gasteiger partial charge on any atom is 0.165 e. The van der Waals surface area contributed by atoms with Crippen LogP contribution in [0.15, 0.2) is 35.7 Å². The normalized spacial score (nSPS) is 21.6. The molecule has 0 aromatic heterocycles. The van der Waals surface area contributed by atoms with E-state index in [1.54, 1.807) is 0 Å². The van der Waals surface area contributed by atoms with E-state index in [1.807, 2.05) is 24.4 Å². The first kappa shape index (κ1) is 6.40. The molecule has 1 aliphatic heterocycles. The lowest BCUT2D eigenvalue weighted by atomic mass is 9.96. The van der Waals surface area contributed by atoms with Crippen LogP contribution in [0.2, 0.25) is 0 Å². The van der Waals surface area contributed by atoms with E-state index >= 15 is 0 Å². The topological polar surface area (TPSA) is 29.1 Å². The van der Waals surface area contributed by atoms with E-state index < -0.39 is 0 Å². The Bertz CT molecular complexity index is 284. The number of dihydropyridines is 1. The molecule has 0 aromatic rings. The Balaban J connectivity index is 2.37. The van der Waals surface area contributed by atoms with Gasteiger partial charge in [-0.25, -0.2) is 0 Å². The van der Waals surface area contributed by atoms with Gasteiger partial charge in [-0.05, 0) is 18.7 Å². The Morgan fingerprint density at radius 3 is 3.00 bits per heavy atom. The quantitative estimate of drug-likeness (QED) is 0.559. The van der Waals surface area contributed by atoms with E-state index in [9.17, 15) is 4.79 Å². The predicted octanol–water partition coefficient (Wildman–Crippen LogP) is 1.28. The highest BCUT2D eigenvalue weighted by Gasteiger charge is 2.16. The Labute approximate surface area is 65.3 Å². The first-order valence-electron chi connectivity index (χ1n) is 3.72. The molecule has 0 unspecified atom stereocenters. The third kappa shape index (κ3) is 1.00. The number of carbonyl (C=O) groups excluding carboxylic acids is 1. The molecule has 2 aliphatic rings. The number of carbonyl (C=O) groups is 1. The van der Waals surface area contributed by atoms with Gasteiger partial charge in [0.1, 0.15) is 0 Å². The summed E-state index contributed by atoms with van der Waals surface area (Å²) in [5.74, 6) is 0.249. The van der Waals surface area contributed by atoms with E-state index in [0.717, 1.165) is 17.7 Å². The molecular weight excluding hydrogens is 138 g/mol. The zero-order valence-electron chi connectivity index (χ0n) is 6.13. The lowest BCUT2D eigenvalue weighted by molar-refractivity contribution is -0.115. The number of nitrogens with one attached hydrogen (secondary N) is 1. The van der Waals surface area contributed by atoms with Crippen molar-refractivity contribution in [1.82, 2.24) is 5.32 Å². The standard InChI is InChI=1S/C9H9NO/c11-9-5-1-4-8-7(9)3-2-6-10-8/h1-2,4,6,10H,3,5H2. The van der Waals surface area contributed by atoms with Crippen molar-refractivity contribution < 1.29 is 4.79 Å². The van der Waals surface area contributed by atoms with Crippen LogP contribution in [0.4, 0.5) is 0 Å². The smallest absolute Gasteiger partial charge is 0.165 e. The van der Waals surface area contributed by atoms with Gasteiger partial charge in [0.15, 0.2) is 5.78 Å². The molecule has 1 N–H and O–H groups in total. The molecule has 0 saturated carbocycles. The molecule has 0 fully saturated rings. The maximum absolute atomic E-state index is 11.2. The number of ketones is 1. The fraction of sp³-hybridized carbons (Fsp3) is 0.222. The predicted molar refractivity (Wildman–Crippen MR) is 42.7 cm³/mol. The minimum atomic E-state index is 0.249. The molecule has 2 heteroatoms. The van der Waals surface area contributed by atoms with Crippen molar-refractivity contribution in [3.8, 4) is 0 Å². The van der Waals surface area contributed by atoms with Crippen molar-refractivity contribution >= 4 is 5.78 Å². The highest BCUT2D eigenvalue weighted by molar-refractivity contribution is 5.99. The minimum Gasteiger partial charge on any atom is -0.362 e. The minimum absolute atomic E-state index is 0.249. The van der Waals surface area contributed by atoms with Crippen molar-refractivity contribution in [2.45, 2.75) is 12.8 Å². The van der Waals surface area contributed by atoms with Crippen molar-refractivity contribution in [2.75, 3.05) is 0 Å². The second kappa shape index (κ2) is 2.38. The summed E-state index contributed by atoms with van der Waals surface area (Å²) in [5.41, 5.74) is 1.90. The van der Waals surface area contributed by atoms with Gasteiger partial charge < -0.3 is 5.32 Å². The van der Waals surface area contributed by atoms with E-state index in [0.29, 0.717) is 6.42 Å². The van der Waals surface area contributed by atoms with Crippen LogP contribution in [0.25, 0.3) is 0 Å². The Morgan fingerprint density at radius 1 is 1.27 bits per heavy atom. The van der Waals surface area contributed by atoms with Crippen LogP contribution >= 0.6 is 0 Å². The van der Waals surface area contributed by atoms with Gasteiger partial charge in [-0.15, -0.1) is 0 Å². The molecule has 0 spiro atoms. The van der Waals surface area contributed by atoms with Crippen LogP contribution in [0.5, 0.6) is 0 Å². The highest BCUT2D eigenvalue weighted by atomic mass is 16.1. The van der Waals surface area contributed by atoms with Crippen LogP contribution in [0.3, 0.4) is 0 Å². The average molecular weight is 147 g/mol. The highest BCUT2D eigenvalue weighted by Crippen LogP contribution is 2.19. The summed E-state index contributed by atoms with van der Waals surface area (Å²) in [6.07, 6.45) is 9.06. The van der Waals surface area contributed by atoms with Crippen LogP contribution in [-0.2, 0) is 4.79 Å². The molecule has 0 saturated heterocycles. The SMILES string of the molecule is O=C1CC=CC2=C1CC=CN2. The largest absolute Gasteiger partial charge is 0.362 e. The molecular formula is C9H9NO. The summed E-state index contributed by atoms with van der Waals surface area (Å²) < 4.78 is 0. The number of rotatable bonds is 0. The maximum atomic E-state index is 11.2. The van der Waals surface area contributed by atoms with Crippen molar-refractivity contribution in [3.63, 3.8) is 0 Å². The van der Waals surface area contributed by atoms with Gasteiger partial charge in [0.25, 0.3) is 0 Å². The van der Waals surface area contributed by atoms with Gasteiger partial charge in [-0.2, -0.15) is 0 Å². The lowest BCUT2D eigenvalue weighted by Gasteiger charge is -2.16. The fourth-order valence-corrected chi connectivity index (χ4v) is 1.34. The molecule has 0 atom stereocenters. The number of Topliss-reactive ketones (excluding diaryl/α,β-unsaturated/α-hetero) is 1. The average Bonchev–Trinajstić information content (AvgIpc) is 2.06. The van der Waals surface area contributed by atoms with Gasteiger partial charge in [0.05, 0.1) is 0 Å². The Kier molecular flexibility index (Phi) is 1.39. The molecule has 2 rings (SSSR count). The van der Waals surface area contributed by atoms with Crippen molar-refractivity contribution in [1.29, 1.82) is 0 Å². The third-order valence-corrected chi connectivity index (χ3v) is 1.93. The van der Waals surface area contributed by atoms with Crippen LogP contribution in [0, 0.1) is 0 Å². The summed E-state index contributed by atoms with van der Waals surface area (Å²) >= 11 is 0. The summed E-state index contributed by atoms with van der Waals surface area (Å²) in [4.78, 5) is 11.2. The Hall–Kier alpha value is -1.31. The second-order valence-electron chi connectivity index (χ2n) is 2.67. The first-order valence-corrected chi connectivity index (χ1v) is 3.72. The molecule has 11 heavy (non-hydrogen) atoms. The monoisotopic (exact) mass is 147 g/mol. The zero-order chi connectivity index (χ0) is 7.68. The molecule has 0 aromatic carbocycles. The molecule has 1 heterocycles. The number of allylic oxidation sites excluding steroid dienone is 4. The zero-order valence-corrected chi connectivity index (χ0v) is 6.13. The van der Waals surface area contributed by atoms with E-state index in [2.05, 4.69) is 5.32 Å². The van der Waals surface area contributed by atoms with Crippen molar-refractivity contribution in [3.05, 3.63) is 35.7 Å². The second-order valence-corrected chi connectivity index (χ2v) is 2.67. The summed E-state index contributed by atoms with van der Waals surface area (Å²) in [5, 5.41) is 3.04. The van der Waals surface area contributed by atoms with Crippen LogP contribution < -0.4 is 5.32 Å². The third-order valence-electron chi connectivity index (χ3n) is 1.93. The lowest BCUT2D eigenvalue weighted by Crippen LogP contribution is -2.18. The van der Waals surface area contributed by atoms with Gasteiger partial charge in [-0.1, -0.05) is 12.2 Å². The summed E-state index contributed by atoms with van der Waals surface area (Å²) in [6.45, 7) is 0. The van der Waals surface area contributed by atoms with E-state index in [-0.39, 0.29) is 5.78 Å². The van der Waals surface area contributed by atoms with Gasteiger partial charge >= 0.3 is 0 Å². The van der Waals surface area contributed by atoms with Crippen LogP contribution in [0.1, 0.15) is 12.8 Å². The van der Waals surface area contributed by atoms with Crippen LogP contribution in [-0.4, -0.2) is 5.78 Å². The molecule has 0 amide bonds. The van der Waals surface area contributed by atoms with Gasteiger partial charge in [-0.3, -0.25) is 4.79 Å². The van der Waals surface area contributed by atoms with E-state index in [4.69, 9.17) is 0 Å².